The topological polar surface area (TPSA) is 105 Å². The molecular weight excluding hydrogens is 378 g/mol. The lowest BCUT2D eigenvalue weighted by Gasteiger charge is -2.23. The summed E-state index contributed by atoms with van der Waals surface area (Å²) in [5.41, 5.74) is 9.56. The van der Waals surface area contributed by atoms with Crippen LogP contribution in [0.15, 0.2) is 53.9 Å². The standard InChI is InChI=1S/C22H21N7O/c1-13-6-3-4-9-16(13)29-17(27-15-8-5-7-14(2)18(15)22(29)30)10-28-12-26-19-20(23)24-11-25-21(19)28/h3-5,7-9,11-13H,6,10H2,1-2H3,(H2,23,24,25). The maximum absolute atomic E-state index is 13.6. The van der Waals surface area contributed by atoms with E-state index in [0.717, 1.165) is 17.7 Å². The van der Waals surface area contributed by atoms with E-state index in [4.69, 9.17) is 10.7 Å². The van der Waals surface area contributed by atoms with Crippen LogP contribution in [0.3, 0.4) is 0 Å². The van der Waals surface area contributed by atoms with Gasteiger partial charge in [0.1, 0.15) is 17.7 Å². The molecule has 0 fully saturated rings. The van der Waals surface area contributed by atoms with Gasteiger partial charge in [-0.15, -0.1) is 0 Å². The van der Waals surface area contributed by atoms with Gasteiger partial charge in [0.2, 0.25) is 0 Å². The second kappa shape index (κ2) is 6.91. The van der Waals surface area contributed by atoms with Crippen LogP contribution >= 0.6 is 0 Å². The fraction of sp³-hybridized carbons (Fsp3) is 0.227. The van der Waals surface area contributed by atoms with E-state index in [1.807, 2.05) is 41.8 Å². The molecular formula is C22H21N7O. The van der Waals surface area contributed by atoms with Crippen molar-refractivity contribution >= 4 is 33.6 Å². The highest BCUT2D eigenvalue weighted by Crippen LogP contribution is 2.26. The first-order valence-electron chi connectivity index (χ1n) is 9.84. The number of hydrogen-bond donors (Lipinski definition) is 1. The average molecular weight is 399 g/mol. The molecule has 8 nitrogen and oxygen atoms in total. The van der Waals surface area contributed by atoms with Gasteiger partial charge in [-0.3, -0.25) is 9.36 Å². The third-order valence-electron chi connectivity index (χ3n) is 5.57. The van der Waals surface area contributed by atoms with Crippen LogP contribution < -0.4 is 11.3 Å². The van der Waals surface area contributed by atoms with Crippen LogP contribution in [0.5, 0.6) is 0 Å². The van der Waals surface area contributed by atoms with E-state index in [2.05, 4.69) is 28.0 Å². The number of aromatic nitrogens is 6. The van der Waals surface area contributed by atoms with Gasteiger partial charge in [-0.25, -0.2) is 19.9 Å². The van der Waals surface area contributed by atoms with Crippen molar-refractivity contribution in [2.75, 3.05) is 5.73 Å². The third kappa shape index (κ3) is 2.80. The van der Waals surface area contributed by atoms with Crippen molar-refractivity contribution in [3.05, 3.63) is 70.8 Å². The van der Waals surface area contributed by atoms with Gasteiger partial charge in [0.05, 0.1) is 23.8 Å². The van der Waals surface area contributed by atoms with Gasteiger partial charge in [0, 0.05) is 11.6 Å². The Morgan fingerprint density at radius 3 is 2.93 bits per heavy atom. The SMILES string of the molecule is Cc1cccc2nc(Cn3cnc4c(N)ncnc43)n(C3=CC=CCC3C)c(=O)c12. The van der Waals surface area contributed by atoms with Crippen molar-refractivity contribution in [2.45, 2.75) is 26.8 Å². The molecule has 30 heavy (non-hydrogen) atoms. The van der Waals surface area contributed by atoms with E-state index >= 15 is 0 Å². The lowest BCUT2D eigenvalue weighted by Crippen LogP contribution is -2.29. The van der Waals surface area contributed by atoms with Gasteiger partial charge in [-0.1, -0.05) is 31.2 Å². The number of nitrogens with two attached hydrogens (primary N) is 1. The highest BCUT2D eigenvalue weighted by atomic mass is 16.1. The molecule has 5 rings (SSSR count). The van der Waals surface area contributed by atoms with Crippen molar-refractivity contribution in [1.82, 2.24) is 29.1 Å². The van der Waals surface area contributed by atoms with E-state index in [0.29, 0.717) is 40.3 Å². The molecule has 8 heteroatoms. The van der Waals surface area contributed by atoms with Crippen LogP contribution in [0.2, 0.25) is 0 Å². The number of imidazole rings is 1. The van der Waals surface area contributed by atoms with Gasteiger partial charge in [0.25, 0.3) is 5.56 Å². The molecule has 4 aromatic rings. The third-order valence-corrected chi connectivity index (χ3v) is 5.57. The summed E-state index contributed by atoms with van der Waals surface area (Å²) in [7, 11) is 0. The average Bonchev–Trinajstić information content (AvgIpc) is 3.13. The summed E-state index contributed by atoms with van der Waals surface area (Å²) in [4.78, 5) is 31.2. The first-order chi connectivity index (χ1) is 14.5. The second-order valence-electron chi connectivity index (χ2n) is 7.60. The molecule has 1 atom stereocenters. The molecule has 3 heterocycles. The Morgan fingerprint density at radius 2 is 2.10 bits per heavy atom. The highest BCUT2D eigenvalue weighted by Gasteiger charge is 2.21. The van der Waals surface area contributed by atoms with E-state index in [1.54, 1.807) is 10.9 Å². The van der Waals surface area contributed by atoms with Gasteiger partial charge < -0.3 is 10.3 Å². The van der Waals surface area contributed by atoms with Crippen LogP contribution in [-0.2, 0) is 6.54 Å². The van der Waals surface area contributed by atoms with Crippen LogP contribution in [0.1, 0.15) is 24.7 Å². The molecule has 0 radical (unpaired) electrons. The Hall–Kier alpha value is -3.81. The summed E-state index contributed by atoms with van der Waals surface area (Å²) in [5.74, 6) is 1.15. The van der Waals surface area contributed by atoms with Crippen LogP contribution in [0.25, 0.3) is 27.8 Å². The zero-order chi connectivity index (χ0) is 20.8. The zero-order valence-corrected chi connectivity index (χ0v) is 16.8. The number of rotatable bonds is 3. The number of hydrogen-bond acceptors (Lipinski definition) is 6. The number of aryl methyl sites for hydroxylation is 1. The summed E-state index contributed by atoms with van der Waals surface area (Å²) in [6.45, 7) is 4.39. The predicted molar refractivity (Wildman–Crippen MR) is 117 cm³/mol. The lowest BCUT2D eigenvalue weighted by molar-refractivity contribution is 0.660. The number of benzene rings is 1. The molecule has 2 N–H and O–H groups in total. The molecule has 3 aromatic heterocycles. The van der Waals surface area contributed by atoms with E-state index < -0.39 is 0 Å². The summed E-state index contributed by atoms with van der Waals surface area (Å²) >= 11 is 0. The summed E-state index contributed by atoms with van der Waals surface area (Å²) in [6.07, 6.45) is 10.1. The quantitative estimate of drug-likeness (QED) is 0.568. The summed E-state index contributed by atoms with van der Waals surface area (Å²) in [6, 6.07) is 5.74. The molecule has 0 aliphatic heterocycles. The molecule has 0 amide bonds. The number of allylic oxidation sites excluding steroid dienone is 4. The maximum Gasteiger partial charge on any atom is 0.266 e. The minimum absolute atomic E-state index is 0.0555. The lowest BCUT2D eigenvalue weighted by atomic mass is 9.98. The van der Waals surface area contributed by atoms with Crippen LogP contribution in [0, 0.1) is 12.8 Å². The van der Waals surface area contributed by atoms with Crippen molar-refractivity contribution in [3.63, 3.8) is 0 Å². The van der Waals surface area contributed by atoms with Crippen molar-refractivity contribution in [3.8, 4) is 0 Å². The molecule has 1 aromatic carbocycles. The first kappa shape index (κ1) is 18.2. The van der Waals surface area contributed by atoms with Gasteiger partial charge in [-0.2, -0.15) is 0 Å². The van der Waals surface area contributed by atoms with Gasteiger partial charge >= 0.3 is 0 Å². The van der Waals surface area contributed by atoms with Crippen LogP contribution in [0.4, 0.5) is 5.82 Å². The zero-order valence-electron chi connectivity index (χ0n) is 16.8. The Bertz CT molecular complexity index is 1410. The Labute approximate surface area is 172 Å². The van der Waals surface area contributed by atoms with Crippen LogP contribution in [-0.4, -0.2) is 29.1 Å². The Kier molecular flexibility index (Phi) is 4.20. The van der Waals surface area contributed by atoms with E-state index in [1.165, 1.54) is 6.33 Å². The van der Waals surface area contributed by atoms with E-state index in [9.17, 15) is 4.79 Å². The number of fused-ring (bicyclic) bond motifs is 2. The smallest absolute Gasteiger partial charge is 0.266 e. The minimum atomic E-state index is -0.0555. The summed E-state index contributed by atoms with van der Waals surface area (Å²) < 4.78 is 3.59. The minimum Gasteiger partial charge on any atom is -0.382 e. The van der Waals surface area contributed by atoms with Crippen molar-refractivity contribution < 1.29 is 0 Å². The molecule has 150 valence electrons. The summed E-state index contributed by atoms with van der Waals surface area (Å²) in [5, 5.41) is 0.644. The monoisotopic (exact) mass is 399 g/mol. The van der Waals surface area contributed by atoms with Gasteiger partial charge in [-0.05, 0) is 31.1 Å². The first-order valence-corrected chi connectivity index (χ1v) is 9.84. The van der Waals surface area contributed by atoms with Crippen molar-refractivity contribution in [2.24, 2.45) is 5.92 Å². The molecule has 0 spiro atoms. The highest BCUT2D eigenvalue weighted by molar-refractivity contribution is 5.83. The molecule has 1 aliphatic rings. The number of nitrogen functional groups attached to an aromatic ring is 1. The predicted octanol–water partition coefficient (Wildman–Crippen LogP) is 2.91. The van der Waals surface area contributed by atoms with Gasteiger partial charge in [0.15, 0.2) is 11.5 Å². The molecule has 1 aliphatic carbocycles. The normalized spacial score (nSPS) is 16.3. The molecule has 0 saturated heterocycles. The Morgan fingerprint density at radius 1 is 1.23 bits per heavy atom. The maximum atomic E-state index is 13.6. The molecule has 0 bridgehead atoms. The largest absolute Gasteiger partial charge is 0.382 e. The fourth-order valence-electron chi connectivity index (χ4n) is 4.01. The van der Waals surface area contributed by atoms with E-state index in [-0.39, 0.29) is 11.5 Å². The Balaban J connectivity index is 1.77. The van der Waals surface area contributed by atoms with Crippen molar-refractivity contribution in [1.29, 1.82) is 0 Å². The fourth-order valence-corrected chi connectivity index (χ4v) is 4.01. The molecule has 0 saturated carbocycles. The number of anilines is 1. The molecule has 1 unspecified atom stereocenters. The second-order valence-corrected chi connectivity index (χ2v) is 7.60. The number of nitrogens with zero attached hydrogens (tertiary/aromatic N) is 6.